The van der Waals surface area contributed by atoms with Crippen LogP contribution in [-0.2, 0) is 0 Å². The fourth-order valence-electron chi connectivity index (χ4n) is 1.26. The highest BCUT2D eigenvalue weighted by atomic mass is 79.9. The zero-order valence-corrected chi connectivity index (χ0v) is 8.88. The Labute approximate surface area is 72.6 Å². The molecule has 0 radical (unpaired) electrons. The van der Waals surface area contributed by atoms with Crippen molar-refractivity contribution in [3.05, 3.63) is 12.2 Å². The molecule has 0 atom stereocenters. The predicted octanol–water partition coefficient (Wildman–Crippen LogP) is 3.47. The van der Waals surface area contributed by atoms with Gasteiger partial charge in [0.2, 0.25) is 0 Å². The Morgan fingerprint density at radius 3 is 2.50 bits per heavy atom. The van der Waals surface area contributed by atoms with Gasteiger partial charge in [-0.1, -0.05) is 12.2 Å². The topological polar surface area (TPSA) is 0 Å². The molecule has 1 heterocycles. The van der Waals surface area contributed by atoms with E-state index in [0.717, 1.165) is 0 Å². The van der Waals surface area contributed by atoms with Crippen LogP contribution in [0.3, 0.4) is 0 Å². The minimum Gasteiger partial charge on any atom is -0.180 e. The predicted molar refractivity (Wildman–Crippen MR) is 55.2 cm³/mol. The Balaban J connectivity index is 2.35. The molecule has 1 rings (SSSR count). The zero-order valence-electron chi connectivity index (χ0n) is 6.48. The van der Waals surface area contributed by atoms with Gasteiger partial charge in [-0.15, -0.1) is 0 Å². The van der Waals surface area contributed by atoms with E-state index in [4.69, 9.17) is 0 Å². The van der Waals surface area contributed by atoms with Crippen LogP contribution in [0.5, 0.6) is 0 Å². The average molecular weight is 223 g/mol. The van der Waals surface area contributed by atoms with E-state index in [1.54, 1.807) is 0 Å². The van der Waals surface area contributed by atoms with Crippen molar-refractivity contribution in [3.63, 3.8) is 0 Å². The van der Waals surface area contributed by atoms with Crippen LogP contribution >= 0.6 is 23.3 Å². The summed E-state index contributed by atoms with van der Waals surface area (Å²) < 4.78 is 0. The van der Waals surface area contributed by atoms with E-state index in [2.05, 4.69) is 33.9 Å². The normalized spacial score (nSPS) is 27.4. The summed E-state index contributed by atoms with van der Waals surface area (Å²) in [6, 6.07) is 0. The Bertz CT molecular complexity index is 125. The van der Waals surface area contributed by atoms with Gasteiger partial charge in [-0.05, 0) is 46.1 Å². The highest BCUT2D eigenvalue weighted by Gasteiger charge is 2.23. The van der Waals surface area contributed by atoms with E-state index in [1.165, 1.54) is 30.1 Å². The maximum atomic E-state index is 3.88. The lowest BCUT2D eigenvalue weighted by atomic mass is 10.4. The molecule has 0 aromatic carbocycles. The van der Waals surface area contributed by atoms with Crippen LogP contribution in [0.2, 0.25) is 0 Å². The molecule has 0 nitrogen and oxygen atoms in total. The van der Waals surface area contributed by atoms with Crippen molar-refractivity contribution >= 4 is 23.3 Å². The minimum absolute atomic E-state index is 0.340. The summed E-state index contributed by atoms with van der Waals surface area (Å²) in [5.41, 5.74) is 0. The number of hydrogen-bond donors (Lipinski definition) is 0. The summed E-state index contributed by atoms with van der Waals surface area (Å²) in [4.78, 5) is 0. The molecular weight excluding hydrogens is 208 g/mol. The first-order valence-electron chi connectivity index (χ1n) is 3.84. The third-order valence-electron chi connectivity index (χ3n) is 1.90. The van der Waals surface area contributed by atoms with E-state index in [9.17, 15) is 0 Å². The molecule has 0 aliphatic carbocycles. The number of rotatable bonds is 2. The molecule has 0 aromatic rings. The third kappa shape index (κ3) is 2.31. The van der Waals surface area contributed by atoms with Crippen LogP contribution < -0.4 is 0 Å². The van der Waals surface area contributed by atoms with Crippen molar-refractivity contribution in [3.8, 4) is 0 Å². The summed E-state index contributed by atoms with van der Waals surface area (Å²) in [6.07, 6.45) is 7.35. The first kappa shape index (κ1) is 8.66. The van der Waals surface area contributed by atoms with Gasteiger partial charge < -0.3 is 0 Å². The lowest BCUT2D eigenvalue weighted by Gasteiger charge is -2.25. The summed E-state index contributed by atoms with van der Waals surface area (Å²) >= 11 is 3.88. The van der Waals surface area contributed by atoms with Gasteiger partial charge in [0, 0.05) is 5.75 Å². The Kier molecular flexibility index (Phi) is 3.31. The van der Waals surface area contributed by atoms with Crippen molar-refractivity contribution in [2.45, 2.75) is 19.8 Å². The van der Waals surface area contributed by atoms with Gasteiger partial charge in [0.15, 0.2) is 0 Å². The van der Waals surface area contributed by atoms with Crippen molar-refractivity contribution in [2.24, 2.45) is 0 Å². The average Bonchev–Trinajstić information content (AvgIpc) is 2.33. The standard InChI is InChI=1S/C8H15BrS/c1-2-3-6-10(9)7-4-5-8-10/h2-3H,4-8H2,1H3/b3-2-. The van der Waals surface area contributed by atoms with Crippen molar-refractivity contribution in [1.29, 1.82) is 0 Å². The summed E-state index contributed by atoms with van der Waals surface area (Å²) in [5, 5.41) is 0. The largest absolute Gasteiger partial charge is 0.180 e. The molecule has 0 spiro atoms. The zero-order chi connectivity index (χ0) is 7.45. The Morgan fingerprint density at radius 2 is 2.00 bits per heavy atom. The fraction of sp³-hybridized carbons (Fsp3) is 0.750. The lowest BCUT2D eigenvalue weighted by Crippen LogP contribution is -1.95. The molecule has 0 unspecified atom stereocenters. The molecule has 0 saturated carbocycles. The van der Waals surface area contributed by atoms with E-state index in [1.807, 2.05) is 0 Å². The van der Waals surface area contributed by atoms with Gasteiger partial charge in [0.1, 0.15) is 0 Å². The first-order chi connectivity index (χ1) is 4.77. The van der Waals surface area contributed by atoms with Gasteiger partial charge in [0.25, 0.3) is 0 Å². The molecule has 0 amide bonds. The highest BCUT2D eigenvalue weighted by molar-refractivity contribution is 9.58. The summed E-state index contributed by atoms with van der Waals surface area (Å²) in [6.45, 7) is 2.10. The molecule has 0 bridgehead atoms. The second-order valence-electron chi connectivity index (χ2n) is 2.79. The molecule has 1 fully saturated rings. The maximum Gasteiger partial charge on any atom is 0.00441 e. The smallest absolute Gasteiger partial charge is 0.00441 e. The molecule has 1 saturated heterocycles. The molecule has 1 aliphatic rings. The molecule has 60 valence electrons. The van der Waals surface area contributed by atoms with Crippen LogP contribution in [0.1, 0.15) is 19.8 Å². The molecule has 0 aromatic heterocycles. The van der Waals surface area contributed by atoms with Gasteiger partial charge >= 0.3 is 0 Å². The van der Waals surface area contributed by atoms with Crippen LogP contribution in [-0.4, -0.2) is 17.3 Å². The second kappa shape index (κ2) is 3.82. The van der Waals surface area contributed by atoms with Gasteiger partial charge in [-0.2, -0.15) is 8.46 Å². The third-order valence-corrected chi connectivity index (χ3v) is 7.47. The molecule has 1 aliphatic heterocycles. The Morgan fingerprint density at radius 1 is 1.40 bits per heavy atom. The number of hydrogen-bond acceptors (Lipinski definition) is 0. The molecule has 0 N–H and O–H groups in total. The first-order valence-corrected chi connectivity index (χ1v) is 7.82. The Hall–Kier alpha value is 0.570. The van der Waals surface area contributed by atoms with E-state index in [0.29, 0.717) is 0 Å². The molecule has 10 heavy (non-hydrogen) atoms. The van der Waals surface area contributed by atoms with E-state index in [-0.39, 0.29) is 8.46 Å². The number of allylic oxidation sites excluding steroid dienone is 1. The van der Waals surface area contributed by atoms with Crippen molar-refractivity contribution < 1.29 is 0 Å². The van der Waals surface area contributed by atoms with Crippen molar-refractivity contribution in [1.82, 2.24) is 0 Å². The van der Waals surface area contributed by atoms with Crippen LogP contribution in [0.25, 0.3) is 0 Å². The van der Waals surface area contributed by atoms with E-state index >= 15 is 0 Å². The number of halogens is 1. The molecular formula is C8H15BrS. The van der Waals surface area contributed by atoms with Crippen LogP contribution in [0.15, 0.2) is 12.2 Å². The lowest BCUT2D eigenvalue weighted by molar-refractivity contribution is 0.949. The van der Waals surface area contributed by atoms with Gasteiger partial charge in [0.05, 0.1) is 0 Å². The summed E-state index contributed by atoms with van der Waals surface area (Å²) in [7, 11) is -0.340. The monoisotopic (exact) mass is 222 g/mol. The van der Waals surface area contributed by atoms with Gasteiger partial charge in [-0.3, -0.25) is 0 Å². The van der Waals surface area contributed by atoms with Gasteiger partial charge in [-0.25, -0.2) is 0 Å². The minimum atomic E-state index is -0.340. The van der Waals surface area contributed by atoms with Crippen LogP contribution in [0.4, 0.5) is 0 Å². The van der Waals surface area contributed by atoms with Crippen LogP contribution in [0, 0.1) is 0 Å². The van der Waals surface area contributed by atoms with E-state index < -0.39 is 0 Å². The second-order valence-corrected chi connectivity index (χ2v) is 9.94. The SMILES string of the molecule is C/C=C\CS1(Br)CCCC1. The quantitative estimate of drug-likeness (QED) is 0.629. The summed E-state index contributed by atoms with van der Waals surface area (Å²) in [5.74, 6) is 4.18. The molecule has 2 heteroatoms. The highest BCUT2D eigenvalue weighted by Crippen LogP contribution is 2.60. The maximum absolute atomic E-state index is 3.88. The fourth-order valence-corrected chi connectivity index (χ4v) is 5.61. The van der Waals surface area contributed by atoms with Crippen molar-refractivity contribution in [2.75, 3.05) is 17.3 Å².